The summed E-state index contributed by atoms with van der Waals surface area (Å²) in [5.74, 6) is -2.85. The standard InChI is InChI=1S/C15H8F4N2S.C2H6/c16-8-1-3-10(11(18)5-8)14-7-22-15(21-14)20-13-4-2-9(17)6-12(13)19;1-2/h1-7H,(H,20,21);1-2H3. The molecule has 0 aliphatic rings. The topological polar surface area (TPSA) is 24.9 Å². The van der Waals surface area contributed by atoms with Crippen LogP contribution < -0.4 is 5.32 Å². The van der Waals surface area contributed by atoms with Crippen LogP contribution in [0.2, 0.25) is 0 Å². The summed E-state index contributed by atoms with van der Waals surface area (Å²) in [5.41, 5.74) is 0.500. The summed E-state index contributed by atoms with van der Waals surface area (Å²) in [5, 5.41) is 4.55. The summed E-state index contributed by atoms with van der Waals surface area (Å²) in [6.07, 6.45) is 0. The van der Waals surface area contributed by atoms with Gasteiger partial charge in [-0.2, -0.15) is 0 Å². The largest absolute Gasteiger partial charge is 0.329 e. The molecule has 0 unspecified atom stereocenters. The average Bonchev–Trinajstić information content (AvgIpc) is 3.00. The number of hydrogen-bond acceptors (Lipinski definition) is 3. The van der Waals surface area contributed by atoms with Crippen molar-refractivity contribution in [2.75, 3.05) is 5.32 Å². The van der Waals surface area contributed by atoms with Gasteiger partial charge in [0.25, 0.3) is 0 Å². The molecule has 1 heterocycles. The lowest BCUT2D eigenvalue weighted by Crippen LogP contribution is -1.94. The Morgan fingerprint density at radius 2 is 1.50 bits per heavy atom. The average molecular weight is 354 g/mol. The fraction of sp³-hybridized carbons (Fsp3) is 0.118. The molecule has 0 fully saturated rings. The van der Waals surface area contributed by atoms with Gasteiger partial charge in [-0.3, -0.25) is 0 Å². The third-order valence-electron chi connectivity index (χ3n) is 2.88. The minimum atomic E-state index is -0.760. The molecule has 0 amide bonds. The maximum Gasteiger partial charge on any atom is 0.187 e. The number of nitrogens with zero attached hydrogens (tertiary/aromatic N) is 1. The minimum absolute atomic E-state index is 0.0573. The van der Waals surface area contributed by atoms with Crippen molar-refractivity contribution in [1.82, 2.24) is 4.98 Å². The molecule has 0 saturated carbocycles. The van der Waals surface area contributed by atoms with Crippen LogP contribution in [-0.4, -0.2) is 4.98 Å². The van der Waals surface area contributed by atoms with E-state index in [0.717, 1.165) is 35.6 Å². The molecule has 0 aliphatic heterocycles. The van der Waals surface area contributed by atoms with Gasteiger partial charge in [-0.25, -0.2) is 22.5 Å². The number of halogens is 4. The predicted molar refractivity (Wildman–Crippen MR) is 88.5 cm³/mol. The van der Waals surface area contributed by atoms with Crippen LogP contribution in [0.15, 0.2) is 41.8 Å². The van der Waals surface area contributed by atoms with Gasteiger partial charge in [0.1, 0.15) is 23.3 Å². The Morgan fingerprint density at radius 3 is 2.12 bits per heavy atom. The van der Waals surface area contributed by atoms with Gasteiger partial charge >= 0.3 is 0 Å². The highest BCUT2D eigenvalue weighted by Crippen LogP contribution is 2.29. The third kappa shape index (κ3) is 4.11. The van der Waals surface area contributed by atoms with E-state index in [1.54, 1.807) is 5.38 Å². The van der Waals surface area contributed by atoms with E-state index in [4.69, 9.17) is 0 Å². The molecule has 126 valence electrons. The van der Waals surface area contributed by atoms with E-state index >= 15 is 0 Å². The molecule has 3 rings (SSSR count). The molecular formula is C17H14F4N2S. The first-order valence-corrected chi connectivity index (χ1v) is 8.04. The molecule has 2 aromatic carbocycles. The van der Waals surface area contributed by atoms with Crippen molar-refractivity contribution in [3.63, 3.8) is 0 Å². The maximum absolute atomic E-state index is 13.7. The molecule has 1 aromatic heterocycles. The molecule has 2 nitrogen and oxygen atoms in total. The van der Waals surface area contributed by atoms with Crippen molar-refractivity contribution in [2.24, 2.45) is 0 Å². The molecule has 0 saturated heterocycles. The van der Waals surface area contributed by atoms with Crippen LogP contribution in [0.3, 0.4) is 0 Å². The lowest BCUT2D eigenvalue weighted by Gasteiger charge is -2.04. The van der Waals surface area contributed by atoms with Gasteiger partial charge in [0, 0.05) is 23.1 Å². The van der Waals surface area contributed by atoms with E-state index in [-0.39, 0.29) is 11.3 Å². The molecule has 1 N–H and O–H groups in total. The first-order chi connectivity index (χ1) is 11.5. The summed E-state index contributed by atoms with van der Waals surface area (Å²) in [7, 11) is 0. The SMILES string of the molecule is CC.Fc1ccc(Nc2nc(-c3ccc(F)cc3F)cs2)c(F)c1. The van der Waals surface area contributed by atoms with Crippen molar-refractivity contribution in [3.8, 4) is 11.3 Å². The minimum Gasteiger partial charge on any atom is -0.329 e. The van der Waals surface area contributed by atoms with E-state index < -0.39 is 23.3 Å². The van der Waals surface area contributed by atoms with Crippen molar-refractivity contribution in [1.29, 1.82) is 0 Å². The molecule has 0 atom stereocenters. The van der Waals surface area contributed by atoms with Crippen LogP contribution >= 0.6 is 11.3 Å². The van der Waals surface area contributed by atoms with Crippen molar-refractivity contribution >= 4 is 22.2 Å². The maximum atomic E-state index is 13.7. The summed E-state index contributed by atoms with van der Waals surface area (Å²) in [6.45, 7) is 4.00. The Labute approximate surface area is 140 Å². The summed E-state index contributed by atoms with van der Waals surface area (Å²) < 4.78 is 53.0. The van der Waals surface area contributed by atoms with E-state index in [1.165, 1.54) is 12.1 Å². The van der Waals surface area contributed by atoms with Crippen molar-refractivity contribution in [2.45, 2.75) is 13.8 Å². The van der Waals surface area contributed by atoms with Gasteiger partial charge in [-0.15, -0.1) is 11.3 Å². The van der Waals surface area contributed by atoms with Gasteiger partial charge in [-0.05, 0) is 24.3 Å². The molecule has 7 heteroatoms. The number of benzene rings is 2. The number of anilines is 2. The van der Waals surface area contributed by atoms with E-state index in [1.807, 2.05) is 13.8 Å². The number of aromatic nitrogens is 1. The van der Waals surface area contributed by atoms with E-state index in [0.29, 0.717) is 10.8 Å². The number of hydrogen-bond donors (Lipinski definition) is 1. The van der Waals surface area contributed by atoms with Crippen molar-refractivity contribution in [3.05, 3.63) is 65.0 Å². The van der Waals surface area contributed by atoms with E-state index in [2.05, 4.69) is 10.3 Å². The predicted octanol–water partition coefficient (Wildman–Crippen LogP) is 6.14. The summed E-state index contributed by atoms with van der Waals surface area (Å²) in [6, 6.07) is 6.27. The molecule has 0 aliphatic carbocycles. The van der Waals surface area contributed by atoms with Crippen LogP contribution in [0.5, 0.6) is 0 Å². The lowest BCUT2D eigenvalue weighted by molar-refractivity contribution is 0.584. The summed E-state index contributed by atoms with van der Waals surface area (Å²) in [4.78, 5) is 4.11. The Morgan fingerprint density at radius 1 is 0.875 bits per heavy atom. The highest BCUT2D eigenvalue weighted by molar-refractivity contribution is 7.14. The van der Waals surface area contributed by atoms with E-state index in [9.17, 15) is 17.6 Å². The first-order valence-electron chi connectivity index (χ1n) is 7.16. The smallest absolute Gasteiger partial charge is 0.187 e. The van der Waals surface area contributed by atoms with Gasteiger partial charge in [0.2, 0.25) is 0 Å². The summed E-state index contributed by atoms with van der Waals surface area (Å²) >= 11 is 1.12. The fourth-order valence-electron chi connectivity index (χ4n) is 1.86. The zero-order valence-electron chi connectivity index (χ0n) is 12.9. The van der Waals surface area contributed by atoms with Gasteiger partial charge < -0.3 is 5.32 Å². The molecule has 0 bridgehead atoms. The quantitative estimate of drug-likeness (QED) is 0.572. The second-order valence-corrected chi connectivity index (χ2v) is 5.27. The van der Waals surface area contributed by atoms with Gasteiger partial charge in [-0.1, -0.05) is 13.8 Å². The monoisotopic (exact) mass is 354 g/mol. The third-order valence-corrected chi connectivity index (χ3v) is 3.64. The highest BCUT2D eigenvalue weighted by atomic mass is 32.1. The van der Waals surface area contributed by atoms with Crippen LogP contribution in [0.1, 0.15) is 13.8 Å². The second kappa shape index (κ2) is 7.92. The zero-order chi connectivity index (χ0) is 17.7. The molecule has 3 aromatic rings. The Bertz CT molecular complexity index is 833. The normalized spacial score (nSPS) is 10.1. The Kier molecular flexibility index (Phi) is 5.92. The fourth-order valence-corrected chi connectivity index (χ4v) is 2.58. The number of rotatable bonds is 3. The zero-order valence-corrected chi connectivity index (χ0v) is 13.7. The van der Waals surface area contributed by atoms with Crippen LogP contribution in [0, 0.1) is 23.3 Å². The molecular weight excluding hydrogens is 340 g/mol. The number of thiazole rings is 1. The Balaban J connectivity index is 0.00000100. The van der Waals surface area contributed by atoms with Gasteiger partial charge in [0.15, 0.2) is 5.13 Å². The Hall–Kier alpha value is -2.41. The van der Waals surface area contributed by atoms with Crippen LogP contribution in [0.4, 0.5) is 28.4 Å². The number of nitrogens with one attached hydrogen (secondary N) is 1. The second-order valence-electron chi connectivity index (χ2n) is 4.41. The molecule has 0 spiro atoms. The first kappa shape index (κ1) is 17.9. The van der Waals surface area contributed by atoms with Crippen molar-refractivity contribution < 1.29 is 17.6 Å². The lowest BCUT2D eigenvalue weighted by atomic mass is 10.1. The highest BCUT2D eigenvalue weighted by Gasteiger charge is 2.12. The van der Waals surface area contributed by atoms with Crippen LogP contribution in [-0.2, 0) is 0 Å². The van der Waals surface area contributed by atoms with Crippen LogP contribution in [0.25, 0.3) is 11.3 Å². The molecule has 0 radical (unpaired) electrons. The molecule has 24 heavy (non-hydrogen) atoms. The van der Waals surface area contributed by atoms with Gasteiger partial charge in [0.05, 0.1) is 11.4 Å².